The molecule has 0 amide bonds. The monoisotopic (exact) mass is 312 g/mol. The van der Waals surface area contributed by atoms with Crippen molar-refractivity contribution in [2.45, 2.75) is 18.7 Å². The van der Waals surface area contributed by atoms with Crippen molar-refractivity contribution in [1.82, 2.24) is 0 Å². The second-order valence-electron chi connectivity index (χ2n) is 4.68. The molecule has 0 bridgehead atoms. The molecule has 0 heterocycles. The quantitative estimate of drug-likeness (QED) is 0.856. The first-order chi connectivity index (χ1) is 9.72. The van der Waals surface area contributed by atoms with Crippen molar-refractivity contribution < 1.29 is 17.2 Å². The maximum atomic E-state index is 13.9. The SMILES string of the molecule is Cc1ccc(N)cc1S(=O)(=O)Nc1c(F)ccc(C)c1F. The Morgan fingerprint density at radius 1 is 1.05 bits per heavy atom. The number of nitrogen functional groups attached to an aromatic ring is 1. The van der Waals surface area contributed by atoms with Crippen LogP contribution in [0.15, 0.2) is 35.2 Å². The van der Waals surface area contributed by atoms with Crippen LogP contribution in [0.2, 0.25) is 0 Å². The predicted molar refractivity (Wildman–Crippen MR) is 77.5 cm³/mol. The summed E-state index contributed by atoms with van der Waals surface area (Å²) in [6, 6.07) is 6.54. The summed E-state index contributed by atoms with van der Waals surface area (Å²) in [5.41, 5.74) is 5.66. The van der Waals surface area contributed by atoms with E-state index in [-0.39, 0.29) is 16.1 Å². The van der Waals surface area contributed by atoms with Gasteiger partial charge in [0, 0.05) is 5.69 Å². The van der Waals surface area contributed by atoms with Crippen LogP contribution < -0.4 is 10.5 Å². The Morgan fingerprint density at radius 2 is 1.67 bits per heavy atom. The maximum Gasteiger partial charge on any atom is 0.262 e. The average Bonchev–Trinajstić information content (AvgIpc) is 2.42. The third-order valence-electron chi connectivity index (χ3n) is 3.02. The van der Waals surface area contributed by atoms with E-state index in [1.165, 1.54) is 25.1 Å². The van der Waals surface area contributed by atoms with E-state index in [4.69, 9.17) is 5.73 Å². The Morgan fingerprint density at radius 3 is 2.33 bits per heavy atom. The molecule has 112 valence electrons. The molecule has 7 heteroatoms. The lowest BCUT2D eigenvalue weighted by Crippen LogP contribution is -2.17. The topological polar surface area (TPSA) is 72.2 Å². The van der Waals surface area contributed by atoms with Crippen LogP contribution in [0, 0.1) is 25.5 Å². The molecule has 0 aliphatic heterocycles. The van der Waals surface area contributed by atoms with Crippen LogP contribution in [-0.2, 0) is 10.0 Å². The fourth-order valence-corrected chi connectivity index (χ4v) is 3.19. The van der Waals surface area contributed by atoms with Gasteiger partial charge in [-0.3, -0.25) is 4.72 Å². The van der Waals surface area contributed by atoms with E-state index in [2.05, 4.69) is 0 Å². The van der Waals surface area contributed by atoms with Gasteiger partial charge >= 0.3 is 0 Å². The van der Waals surface area contributed by atoms with Gasteiger partial charge < -0.3 is 5.73 Å². The Labute approximate surface area is 121 Å². The Kier molecular flexibility index (Phi) is 3.87. The second-order valence-corrected chi connectivity index (χ2v) is 6.33. The van der Waals surface area contributed by atoms with Crippen molar-refractivity contribution >= 4 is 21.4 Å². The van der Waals surface area contributed by atoms with Crippen LogP contribution in [0.3, 0.4) is 0 Å². The molecule has 0 unspecified atom stereocenters. The number of hydrogen-bond donors (Lipinski definition) is 2. The third-order valence-corrected chi connectivity index (χ3v) is 4.51. The fourth-order valence-electron chi connectivity index (χ4n) is 1.85. The van der Waals surface area contributed by atoms with E-state index in [0.29, 0.717) is 5.56 Å². The van der Waals surface area contributed by atoms with Crippen LogP contribution in [0.1, 0.15) is 11.1 Å². The highest BCUT2D eigenvalue weighted by Gasteiger charge is 2.22. The first-order valence-electron chi connectivity index (χ1n) is 6.06. The van der Waals surface area contributed by atoms with Gasteiger partial charge in [-0.15, -0.1) is 0 Å². The molecule has 0 saturated carbocycles. The molecule has 2 rings (SSSR count). The van der Waals surface area contributed by atoms with E-state index < -0.39 is 27.3 Å². The molecule has 2 aromatic carbocycles. The van der Waals surface area contributed by atoms with E-state index in [9.17, 15) is 17.2 Å². The minimum Gasteiger partial charge on any atom is -0.399 e. The van der Waals surface area contributed by atoms with E-state index in [0.717, 1.165) is 6.07 Å². The van der Waals surface area contributed by atoms with Crippen LogP contribution in [0.4, 0.5) is 20.2 Å². The lowest BCUT2D eigenvalue weighted by atomic mass is 10.2. The highest BCUT2D eigenvalue weighted by molar-refractivity contribution is 7.92. The van der Waals surface area contributed by atoms with Gasteiger partial charge in [-0.05, 0) is 43.2 Å². The minimum atomic E-state index is -4.14. The van der Waals surface area contributed by atoms with Crippen molar-refractivity contribution in [3.63, 3.8) is 0 Å². The Hall–Kier alpha value is -2.15. The molecular formula is C14H14F2N2O2S. The number of aryl methyl sites for hydroxylation is 2. The summed E-state index contributed by atoms with van der Waals surface area (Å²) in [6.45, 7) is 2.98. The van der Waals surface area contributed by atoms with E-state index >= 15 is 0 Å². The maximum absolute atomic E-state index is 13.9. The summed E-state index contributed by atoms with van der Waals surface area (Å²) >= 11 is 0. The standard InChI is InChI=1S/C14H14F2N2O2S/c1-8-3-5-10(17)7-12(8)21(19,20)18-14-11(15)6-4-9(2)13(14)16/h3-7,18H,17H2,1-2H3. The molecule has 0 fully saturated rings. The zero-order valence-electron chi connectivity index (χ0n) is 11.4. The summed E-state index contributed by atoms with van der Waals surface area (Å²) in [4.78, 5) is -0.122. The van der Waals surface area contributed by atoms with Gasteiger partial charge in [-0.2, -0.15) is 0 Å². The molecular weight excluding hydrogens is 298 g/mol. The smallest absolute Gasteiger partial charge is 0.262 e. The second kappa shape index (κ2) is 5.33. The number of nitrogens with one attached hydrogen (secondary N) is 1. The molecule has 0 aromatic heterocycles. The molecule has 0 spiro atoms. The van der Waals surface area contributed by atoms with Crippen molar-refractivity contribution in [1.29, 1.82) is 0 Å². The molecule has 0 aliphatic rings. The molecule has 2 aromatic rings. The van der Waals surface area contributed by atoms with Crippen molar-refractivity contribution in [2.24, 2.45) is 0 Å². The van der Waals surface area contributed by atoms with E-state index in [1.807, 2.05) is 4.72 Å². The van der Waals surface area contributed by atoms with E-state index in [1.54, 1.807) is 13.0 Å². The zero-order valence-corrected chi connectivity index (χ0v) is 12.3. The van der Waals surface area contributed by atoms with Gasteiger partial charge in [0.05, 0.1) is 4.90 Å². The van der Waals surface area contributed by atoms with Gasteiger partial charge in [-0.25, -0.2) is 17.2 Å². The Balaban J connectivity index is 2.53. The van der Waals surface area contributed by atoms with Crippen molar-refractivity contribution in [3.05, 3.63) is 53.1 Å². The molecule has 3 N–H and O–H groups in total. The lowest BCUT2D eigenvalue weighted by molar-refractivity contribution is 0.578. The fraction of sp³-hybridized carbons (Fsp3) is 0.143. The molecule has 0 atom stereocenters. The zero-order chi connectivity index (χ0) is 15.8. The lowest BCUT2D eigenvalue weighted by Gasteiger charge is -2.13. The molecule has 0 aliphatic carbocycles. The van der Waals surface area contributed by atoms with Crippen LogP contribution in [0.25, 0.3) is 0 Å². The summed E-state index contributed by atoms with van der Waals surface area (Å²) < 4.78 is 54.1. The van der Waals surface area contributed by atoms with Crippen molar-refractivity contribution in [2.75, 3.05) is 10.5 Å². The molecule has 0 saturated heterocycles. The number of sulfonamides is 1. The van der Waals surface area contributed by atoms with Crippen LogP contribution in [-0.4, -0.2) is 8.42 Å². The first-order valence-corrected chi connectivity index (χ1v) is 7.54. The Bertz CT molecular complexity index is 805. The number of rotatable bonds is 3. The normalized spacial score (nSPS) is 11.4. The minimum absolute atomic E-state index is 0.122. The first kappa shape index (κ1) is 15.2. The number of benzene rings is 2. The van der Waals surface area contributed by atoms with Gasteiger partial charge in [0.15, 0.2) is 5.82 Å². The van der Waals surface area contributed by atoms with Crippen molar-refractivity contribution in [3.8, 4) is 0 Å². The highest BCUT2D eigenvalue weighted by atomic mass is 32.2. The van der Waals surface area contributed by atoms with Gasteiger partial charge in [0.25, 0.3) is 10.0 Å². The predicted octanol–water partition coefficient (Wildman–Crippen LogP) is 2.96. The van der Waals surface area contributed by atoms with Crippen LogP contribution in [0.5, 0.6) is 0 Å². The van der Waals surface area contributed by atoms with Gasteiger partial charge in [0.1, 0.15) is 11.5 Å². The number of nitrogens with two attached hydrogens (primary N) is 1. The molecule has 21 heavy (non-hydrogen) atoms. The summed E-state index contributed by atoms with van der Waals surface area (Å²) in [5.74, 6) is -1.93. The number of anilines is 2. The molecule has 0 radical (unpaired) electrons. The van der Waals surface area contributed by atoms with Crippen LogP contribution >= 0.6 is 0 Å². The summed E-state index contributed by atoms with van der Waals surface area (Å²) in [6.07, 6.45) is 0. The number of halogens is 2. The average molecular weight is 312 g/mol. The summed E-state index contributed by atoms with van der Waals surface area (Å²) in [5, 5.41) is 0. The molecule has 4 nitrogen and oxygen atoms in total. The van der Waals surface area contributed by atoms with Gasteiger partial charge in [0.2, 0.25) is 0 Å². The number of hydrogen-bond acceptors (Lipinski definition) is 3. The third kappa shape index (κ3) is 2.97. The largest absolute Gasteiger partial charge is 0.399 e. The highest BCUT2D eigenvalue weighted by Crippen LogP contribution is 2.26. The summed E-state index contributed by atoms with van der Waals surface area (Å²) in [7, 11) is -4.14. The van der Waals surface area contributed by atoms with Gasteiger partial charge in [-0.1, -0.05) is 12.1 Å².